The number of hydrogen-bond acceptors (Lipinski definition) is 5. The molecule has 0 radical (unpaired) electrons. The zero-order chi connectivity index (χ0) is 22.0. The summed E-state index contributed by atoms with van der Waals surface area (Å²) in [5.74, 6) is 1.26. The van der Waals surface area contributed by atoms with Crippen LogP contribution in [0.2, 0.25) is 0 Å². The fourth-order valence-electron chi connectivity index (χ4n) is 3.54. The van der Waals surface area contributed by atoms with Crippen molar-refractivity contribution >= 4 is 10.9 Å². The van der Waals surface area contributed by atoms with Crippen LogP contribution >= 0.6 is 0 Å². The number of halogens is 1. The van der Waals surface area contributed by atoms with E-state index in [0.717, 1.165) is 0 Å². The molecule has 0 atom stereocenters. The van der Waals surface area contributed by atoms with Gasteiger partial charge >= 0.3 is 0 Å². The third-order valence-electron chi connectivity index (χ3n) is 5.07. The molecule has 6 nitrogen and oxygen atoms in total. The lowest BCUT2D eigenvalue weighted by molar-refractivity contribution is 0.324. The minimum absolute atomic E-state index is 0.0231. The summed E-state index contributed by atoms with van der Waals surface area (Å²) in [5.41, 5.74) is 1.24. The number of benzene rings is 3. The maximum atomic E-state index is 14.4. The van der Waals surface area contributed by atoms with Crippen molar-refractivity contribution in [3.63, 3.8) is 0 Å². The van der Waals surface area contributed by atoms with E-state index in [4.69, 9.17) is 19.2 Å². The fourth-order valence-corrected chi connectivity index (χ4v) is 3.54. The molecule has 0 aliphatic rings. The third kappa shape index (κ3) is 3.70. The molecule has 0 bridgehead atoms. The molecule has 1 heterocycles. The average molecular weight is 420 g/mol. The van der Waals surface area contributed by atoms with E-state index in [1.54, 1.807) is 48.5 Å². The average Bonchev–Trinajstić information content (AvgIpc) is 2.81. The fraction of sp³-hybridized carbons (Fsp3) is 0.167. The normalized spacial score (nSPS) is 10.8. The summed E-state index contributed by atoms with van der Waals surface area (Å²) >= 11 is 0. The number of rotatable bonds is 6. The highest BCUT2D eigenvalue weighted by molar-refractivity contribution is 5.80. The van der Waals surface area contributed by atoms with Crippen molar-refractivity contribution < 1.29 is 18.6 Å². The van der Waals surface area contributed by atoms with Gasteiger partial charge in [0.15, 0.2) is 11.5 Å². The monoisotopic (exact) mass is 420 g/mol. The van der Waals surface area contributed by atoms with Gasteiger partial charge in [0.2, 0.25) is 5.75 Å². The highest BCUT2D eigenvalue weighted by Gasteiger charge is 2.19. The molecule has 4 rings (SSSR count). The summed E-state index contributed by atoms with van der Waals surface area (Å²) in [4.78, 5) is 18.1. The molecule has 0 saturated heterocycles. The smallest absolute Gasteiger partial charge is 0.261 e. The maximum Gasteiger partial charge on any atom is 0.261 e. The molecule has 0 aliphatic carbocycles. The summed E-state index contributed by atoms with van der Waals surface area (Å²) < 4.78 is 32.2. The van der Waals surface area contributed by atoms with Crippen LogP contribution in [0.25, 0.3) is 22.3 Å². The molecule has 7 heteroatoms. The van der Waals surface area contributed by atoms with Gasteiger partial charge in [-0.05, 0) is 30.3 Å². The Morgan fingerprint density at radius 3 is 2.19 bits per heavy atom. The lowest BCUT2D eigenvalue weighted by atomic mass is 10.1. The lowest BCUT2D eigenvalue weighted by Crippen LogP contribution is -2.24. The van der Waals surface area contributed by atoms with Gasteiger partial charge in [0.25, 0.3) is 5.56 Å². The topological polar surface area (TPSA) is 62.6 Å². The van der Waals surface area contributed by atoms with Crippen molar-refractivity contribution in [2.24, 2.45) is 0 Å². The summed E-state index contributed by atoms with van der Waals surface area (Å²) in [7, 11) is 4.55. The number of nitrogens with zero attached hydrogens (tertiary/aromatic N) is 2. The van der Waals surface area contributed by atoms with Gasteiger partial charge in [0, 0.05) is 11.1 Å². The second kappa shape index (κ2) is 8.47. The molecule has 0 spiro atoms. The predicted octanol–water partition coefficient (Wildman–Crippen LogP) is 4.28. The minimum atomic E-state index is -0.390. The molecule has 0 saturated carbocycles. The largest absolute Gasteiger partial charge is 0.493 e. The zero-order valence-corrected chi connectivity index (χ0v) is 17.4. The first-order valence-corrected chi connectivity index (χ1v) is 9.60. The van der Waals surface area contributed by atoms with Gasteiger partial charge in [-0.3, -0.25) is 9.36 Å². The number of ether oxygens (including phenoxy) is 3. The van der Waals surface area contributed by atoms with E-state index in [0.29, 0.717) is 45.1 Å². The number of methoxy groups -OCH3 is 3. The zero-order valence-electron chi connectivity index (χ0n) is 17.4. The Kier molecular flexibility index (Phi) is 5.58. The SMILES string of the molecule is COc1cc(-c2nc3ccccc3c(=O)n2Cc2ccccc2F)cc(OC)c1OC. The molecular formula is C24H21FN2O4. The van der Waals surface area contributed by atoms with Crippen molar-refractivity contribution in [1.29, 1.82) is 0 Å². The van der Waals surface area contributed by atoms with Gasteiger partial charge in [-0.15, -0.1) is 0 Å². The maximum absolute atomic E-state index is 14.4. The summed E-state index contributed by atoms with van der Waals surface area (Å²) in [6.45, 7) is 0.0231. The highest BCUT2D eigenvalue weighted by Crippen LogP contribution is 2.40. The van der Waals surface area contributed by atoms with Gasteiger partial charge in [-0.1, -0.05) is 30.3 Å². The summed E-state index contributed by atoms with van der Waals surface area (Å²) in [6, 6.07) is 16.9. The van der Waals surface area contributed by atoms with Crippen molar-refractivity contribution in [2.45, 2.75) is 6.54 Å². The molecule has 0 unspecified atom stereocenters. The first-order valence-electron chi connectivity index (χ1n) is 9.60. The van der Waals surface area contributed by atoms with Crippen LogP contribution in [0, 0.1) is 5.82 Å². The molecular weight excluding hydrogens is 399 g/mol. The van der Waals surface area contributed by atoms with E-state index in [9.17, 15) is 9.18 Å². The molecule has 1 aromatic heterocycles. The first-order chi connectivity index (χ1) is 15.1. The van der Waals surface area contributed by atoms with E-state index in [1.165, 1.54) is 32.0 Å². The Balaban J connectivity index is 2.01. The van der Waals surface area contributed by atoms with Crippen LogP contribution < -0.4 is 19.8 Å². The Bertz CT molecular complexity index is 1290. The molecule has 31 heavy (non-hydrogen) atoms. The lowest BCUT2D eigenvalue weighted by Gasteiger charge is -2.17. The van der Waals surface area contributed by atoms with Crippen LogP contribution in [-0.4, -0.2) is 30.9 Å². The number of hydrogen-bond donors (Lipinski definition) is 0. The van der Waals surface area contributed by atoms with Gasteiger partial charge < -0.3 is 14.2 Å². The Hall–Kier alpha value is -3.87. The van der Waals surface area contributed by atoms with E-state index in [2.05, 4.69) is 0 Å². The van der Waals surface area contributed by atoms with Crippen LogP contribution in [0.1, 0.15) is 5.56 Å². The summed E-state index contributed by atoms with van der Waals surface area (Å²) in [5, 5.41) is 0.454. The van der Waals surface area contributed by atoms with Crippen molar-refractivity contribution in [3.05, 3.63) is 82.4 Å². The predicted molar refractivity (Wildman–Crippen MR) is 117 cm³/mol. The molecule has 0 aliphatic heterocycles. The Labute approximate surface area is 178 Å². The Morgan fingerprint density at radius 2 is 1.55 bits per heavy atom. The van der Waals surface area contributed by atoms with E-state index < -0.39 is 5.82 Å². The Morgan fingerprint density at radius 1 is 0.903 bits per heavy atom. The second-order valence-corrected chi connectivity index (χ2v) is 6.85. The standard InChI is InChI=1S/C24H21FN2O4/c1-29-20-12-16(13-21(30-2)22(20)31-3)23-26-19-11-7-5-9-17(19)24(28)27(23)14-15-8-4-6-10-18(15)25/h4-13H,14H2,1-3H3. The first kappa shape index (κ1) is 20.4. The molecule has 4 aromatic rings. The number of fused-ring (bicyclic) bond motifs is 1. The van der Waals surface area contributed by atoms with Gasteiger partial charge in [0.05, 0.1) is 38.8 Å². The summed E-state index contributed by atoms with van der Waals surface area (Å²) in [6.07, 6.45) is 0. The number of aromatic nitrogens is 2. The number of para-hydroxylation sites is 1. The van der Waals surface area contributed by atoms with Crippen molar-refractivity contribution in [2.75, 3.05) is 21.3 Å². The van der Waals surface area contributed by atoms with Crippen LogP contribution in [0.3, 0.4) is 0 Å². The van der Waals surface area contributed by atoms with Crippen molar-refractivity contribution in [3.8, 4) is 28.6 Å². The highest BCUT2D eigenvalue weighted by atomic mass is 19.1. The van der Waals surface area contributed by atoms with Crippen LogP contribution in [0.4, 0.5) is 4.39 Å². The van der Waals surface area contributed by atoms with E-state index in [-0.39, 0.29) is 12.1 Å². The van der Waals surface area contributed by atoms with E-state index in [1.807, 2.05) is 6.07 Å². The second-order valence-electron chi connectivity index (χ2n) is 6.85. The van der Waals surface area contributed by atoms with Crippen molar-refractivity contribution in [1.82, 2.24) is 9.55 Å². The molecule has 158 valence electrons. The molecule has 0 N–H and O–H groups in total. The minimum Gasteiger partial charge on any atom is -0.493 e. The van der Waals surface area contributed by atoms with Crippen LogP contribution in [0.5, 0.6) is 17.2 Å². The molecule has 0 amide bonds. The van der Waals surface area contributed by atoms with Crippen LogP contribution in [-0.2, 0) is 6.54 Å². The quantitative estimate of drug-likeness (QED) is 0.466. The van der Waals surface area contributed by atoms with Gasteiger partial charge in [-0.25, -0.2) is 9.37 Å². The molecule has 3 aromatic carbocycles. The van der Waals surface area contributed by atoms with Gasteiger partial charge in [0.1, 0.15) is 11.6 Å². The van der Waals surface area contributed by atoms with E-state index >= 15 is 0 Å². The van der Waals surface area contributed by atoms with Gasteiger partial charge in [-0.2, -0.15) is 0 Å². The molecule has 0 fully saturated rings. The third-order valence-corrected chi connectivity index (χ3v) is 5.07. The van der Waals surface area contributed by atoms with Crippen LogP contribution in [0.15, 0.2) is 65.5 Å².